The van der Waals surface area contributed by atoms with E-state index in [4.69, 9.17) is 0 Å². The summed E-state index contributed by atoms with van der Waals surface area (Å²) in [6, 6.07) is 1.94. The number of hydrogen-bond donors (Lipinski definition) is 1. The highest BCUT2D eigenvalue weighted by Crippen LogP contribution is 2.35. The van der Waals surface area contributed by atoms with Crippen LogP contribution in [0.25, 0.3) is 0 Å². The number of aliphatic hydroxyl groups is 1. The van der Waals surface area contributed by atoms with Crippen molar-refractivity contribution in [3.8, 4) is 0 Å². The molecule has 0 bridgehead atoms. The summed E-state index contributed by atoms with van der Waals surface area (Å²) >= 11 is 0. The van der Waals surface area contributed by atoms with Gasteiger partial charge in [0.1, 0.15) is 5.60 Å². The molecule has 0 saturated heterocycles. The van der Waals surface area contributed by atoms with Gasteiger partial charge < -0.3 is 5.11 Å². The summed E-state index contributed by atoms with van der Waals surface area (Å²) in [5, 5.41) is 10.5. The molecule has 2 atom stereocenters. The second-order valence-corrected chi connectivity index (χ2v) is 4.49. The van der Waals surface area contributed by atoms with E-state index in [1.54, 1.807) is 12.4 Å². The molecule has 1 aromatic heterocycles. The molecule has 1 aliphatic rings. The van der Waals surface area contributed by atoms with E-state index in [1.807, 2.05) is 19.1 Å². The molecule has 1 aromatic rings. The van der Waals surface area contributed by atoms with Gasteiger partial charge in [-0.15, -0.1) is 0 Å². The predicted octanol–water partition coefficient (Wildman–Crippen LogP) is 2.56. The topological polar surface area (TPSA) is 33.1 Å². The number of nitrogens with zero attached hydrogens (tertiary/aromatic N) is 1. The highest BCUT2D eigenvalue weighted by molar-refractivity contribution is 5.33. The maximum atomic E-state index is 10.5. The van der Waals surface area contributed by atoms with E-state index in [0.29, 0.717) is 5.92 Å². The monoisotopic (exact) mass is 203 g/mol. The van der Waals surface area contributed by atoms with Crippen molar-refractivity contribution in [3.05, 3.63) is 41.7 Å². The van der Waals surface area contributed by atoms with Crippen LogP contribution in [-0.2, 0) is 5.60 Å². The predicted molar refractivity (Wildman–Crippen MR) is 60.4 cm³/mol. The zero-order valence-corrected chi connectivity index (χ0v) is 9.27. The van der Waals surface area contributed by atoms with E-state index in [2.05, 4.69) is 18.0 Å². The highest BCUT2D eigenvalue weighted by atomic mass is 16.3. The number of rotatable bonds is 1. The first kappa shape index (κ1) is 10.4. The van der Waals surface area contributed by atoms with Crippen LogP contribution in [0.4, 0.5) is 0 Å². The third-order valence-corrected chi connectivity index (χ3v) is 3.19. The SMILES string of the molecule is Cc1ccncc1C1(O)C=CC(C)CC1. The molecule has 2 unspecified atom stereocenters. The zero-order valence-electron chi connectivity index (χ0n) is 9.27. The van der Waals surface area contributed by atoms with Crippen molar-refractivity contribution >= 4 is 0 Å². The Morgan fingerprint density at radius 1 is 1.53 bits per heavy atom. The van der Waals surface area contributed by atoms with Gasteiger partial charge in [-0.25, -0.2) is 0 Å². The Balaban J connectivity index is 2.38. The van der Waals surface area contributed by atoms with Crippen LogP contribution in [0.3, 0.4) is 0 Å². The van der Waals surface area contributed by atoms with E-state index < -0.39 is 5.60 Å². The fourth-order valence-corrected chi connectivity index (χ4v) is 2.09. The summed E-state index contributed by atoms with van der Waals surface area (Å²) < 4.78 is 0. The summed E-state index contributed by atoms with van der Waals surface area (Å²) in [6.07, 6.45) is 9.37. The average molecular weight is 203 g/mol. The van der Waals surface area contributed by atoms with Gasteiger partial charge in [-0.3, -0.25) is 4.98 Å². The van der Waals surface area contributed by atoms with Crippen LogP contribution in [0.15, 0.2) is 30.6 Å². The molecular formula is C13H17NO. The molecule has 0 amide bonds. The third kappa shape index (κ3) is 1.95. The Morgan fingerprint density at radius 3 is 2.93 bits per heavy atom. The first-order valence-electron chi connectivity index (χ1n) is 5.45. The lowest BCUT2D eigenvalue weighted by Crippen LogP contribution is -2.27. The van der Waals surface area contributed by atoms with E-state index in [-0.39, 0.29) is 0 Å². The second-order valence-electron chi connectivity index (χ2n) is 4.49. The zero-order chi connectivity index (χ0) is 10.9. The normalized spacial score (nSPS) is 30.5. The maximum Gasteiger partial charge on any atom is 0.109 e. The van der Waals surface area contributed by atoms with Crippen LogP contribution < -0.4 is 0 Å². The van der Waals surface area contributed by atoms with Crippen LogP contribution in [-0.4, -0.2) is 10.1 Å². The molecule has 0 aromatic carbocycles. The van der Waals surface area contributed by atoms with Gasteiger partial charge in [0.2, 0.25) is 0 Å². The van der Waals surface area contributed by atoms with E-state index in [0.717, 1.165) is 24.0 Å². The van der Waals surface area contributed by atoms with Crippen molar-refractivity contribution in [3.63, 3.8) is 0 Å². The minimum atomic E-state index is -0.801. The highest BCUT2D eigenvalue weighted by Gasteiger charge is 2.30. The van der Waals surface area contributed by atoms with Gasteiger partial charge >= 0.3 is 0 Å². The van der Waals surface area contributed by atoms with Crippen LogP contribution >= 0.6 is 0 Å². The number of pyridine rings is 1. The minimum Gasteiger partial charge on any atom is -0.381 e. The molecule has 0 radical (unpaired) electrons. The van der Waals surface area contributed by atoms with Crippen LogP contribution in [0.5, 0.6) is 0 Å². The maximum absolute atomic E-state index is 10.5. The average Bonchev–Trinajstić information content (AvgIpc) is 2.23. The Morgan fingerprint density at radius 2 is 2.33 bits per heavy atom. The van der Waals surface area contributed by atoms with Crippen LogP contribution in [0, 0.1) is 12.8 Å². The summed E-state index contributed by atoms with van der Waals surface area (Å²) in [6.45, 7) is 4.19. The van der Waals surface area contributed by atoms with E-state index in [9.17, 15) is 5.11 Å². The van der Waals surface area contributed by atoms with Gasteiger partial charge in [-0.1, -0.05) is 19.1 Å². The summed E-state index contributed by atoms with van der Waals surface area (Å²) in [7, 11) is 0. The molecule has 1 N–H and O–H groups in total. The lowest BCUT2D eigenvalue weighted by molar-refractivity contribution is 0.0664. The van der Waals surface area contributed by atoms with Crippen LogP contribution in [0.2, 0.25) is 0 Å². The first-order valence-corrected chi connectivity index (χ1v) is 5.45. The van der Waals surface area contributed by atoms with E-state index in [1.165, 1.54) is 0 Å². The Hall–Kier alpha value is -1.15. The second kappa shape index (κ2) is 3.78. The number of hydrogen-bond acceptors (Lipinski definition) is 2. The molecule has 2 rings (SSSR count). The molecule has 15 heavy (non-hydrogen) atoms. The molecule has 0 spiro atoms. The number of aromatic nitrogens is 1. The standard InChI is InChI=1S/C13H17NO/c1-10-3-6-13(15,7-4-10)12-9-14-8-5-11(12)2/h3,5-6,8-10,15H,4,7H2,1-2H3. The van der Waals surface area contributed by atoms with Gasteiger partial charge in [-0.2, -0.15) is 0 Å². The Kier molecular flexibility index (Phi) is 2.61. The van der Waals surface area contributed by atoms with Gasteiger partial charge in [0.25, 0.3) is 0 Å². The Bertz CT molecular complexity index is 386. The summed E-state index contributed by atoms with van der Waals surface area (Å²) in [5.74, 6) is 0.572. The van der Waals surface area contributed by atoms with Crippen molar-refractivity contribution in [1.82, 2.24) is 4.98 Å². The van der Waals surface area contributed by atoms with Crippen molar-refractivity contribution in [2.75, 3.05) is 0 Å². The van der Waals surface area contributed by atoms with Crippen molar-refractivity contribution < 1.29 is 5.11 Å². The van der Waals surface area contributed by atoms with Gasteiger partial charge in [-0.05, 0) is 37.3 Å². The molecular weight excluding hydrogens is 186 g/mol. The van der Waals surface area contributed by atoms with Gasteiger partial charge in [0, 0.05) is 18.0 Å². The molecule has 2 heteroatoms. The van der Waals surface area contributed by atoms with Gasteiger partial charge in [0.05, 0.1) is 0 Å². The fourth-order valence-electron chi connectivity index (χ4n) is 2.09. The lowest BCUT2D eigenvalue weighted by atomic mass is 9.80. The molecule has 0 fully saturated rings. The minimum absolute atomic E-state index is 0.572. The summed E-state index contributed by atoms with van der Waals surface area (Å²) in [5.41, 5.74) is 1.24. The van der Waals surface area contributed by atoms with Crippen molar-refractivity contribution in [2.45, 2.75) is 32.3 Å². The van der Waals surface area contributed by atoms with Crippen LogP contribution in [0.1, 0.15) is 30.9 Å². The largest absolute Gasteiger partial charge is 0.381 e. The smallest absolute Gasteiger partial charge is 0.109 e. The quantitative estimate of drug-likeness (QED) is 0.711. The van der Waals surface area contributed by atoms with Crippen molar-refractivity contribution in [2.24, 2.45) is 5.92 Å². The van der Waals surface area contributed by atoms with E-state index >= 15 is 0 Å². The lowest BCUT2D eigenvalue weighted by Gasteiger charge is -2.31. The molecule has 80 valence electrons. The molecule has 0 aliphatic heterocycles. The molecule has 1 aliphatic carbocycles. The Labute approximate surface area is 90.7 Å². The molecule has 2 nitrogen and oxygen atoms in total. The number of allylic oxidation sites excluding steroid dienone is 1. The fraction of sp³-hybridized carbons (Fsp3) is 0.462. The molecule has 0 saturated carbocycles. The van der Waals surface area contributed by atoms with Crippen molar-refractivity contribution in [1.29, 1.82) is 0 Å². The van der Waals surface area contributed by atoms with Gasteiger partial charge in [0.15, 0.2) is 0 Å². The summed E-state index contributed by atoms with van der Waals surface area (Å²) in [4.78, 5) is 4.09. The number of aryl methyl sites for hydroxylation is 1. The third-order valence-electron chi connectivity index (χ3n) is 3.19. The molecule has 1 heterocycles. The first-order chi connectivity index (χ1) is 7.12.